The second kappa shape index (κ2) is 5.50. The molecule has 0 amide bonds. The van der Waals surface area contributed by atoms with E-state index in [1.165, 1.54) is 12.1 Å². The second-order valence-electron chi connectivity index (χ2n) is 4.60. The van der Waals surface area contributed by atoms with Gasteiger partial charge in [0, 0.05) is 16.2 Å². The third-order valence-corrected chi connectivity index (χ3v) is 5.52. The summed E-state index contributed by atoms with van der Waals surface area (Å²) in [6, 6.07) is 4.52. The summed E-state index contributed by atoms with van der Waals surface area (Å²) in [5.41, 5.74) is 0.904. The molecule has 1 atom stereocenters. The molecule has 1 aliphatic rings. The maximum absolute atomic E-state index is 11.6. The molecule has 0 aromatic heterocycles. The number of carboxylic acid groups (broad SMARTS) is 1. The molecule has 1 aromatic carbocycles. The zero-order valence-corrected chi connectivity index (χ0v) is 12.5. The highest BCUT2D eigenvalue weighted by atomic mass is 79.9. The quantitative estimate of drug-likeness (QED) is 0.874. The minimum atomic E-state index is -2.96. The van der Waals surface area contributed by atoms with Crippen LogP contribution in [-0.4, -0.2) is 37.0 Å². The van der Waals surface area contributed by atoms with Gasteiger partial charge in [0.05, 0.1) is 17.1 Å². The zero-order chi connectivity index (χ0) is 14.0. The molecule has 1 unspecified atom stereocenters. The van der Waals surface area contributed by atoms with Crippen molar-refractivity contribution in [1.29, 1.82) is 0 Å². The highest BCUT2D eigenvalue weighted by molar-refractivity contribution is 9.10. The van der Waals surface area contributed by atoms with Crippen molar-refractivity contribution in [3.8, 4) is 0 Å². The van der Waals surface area contributed by atoms with E-state index in [-0.39, 0.29) is 23.1 Å². The van der Waals surface area contributed by atoms with Gasteiger partial charge in [-0.1, -0.05) is 0 Å². The molecule has 1 aromatic rings. The Labute approximate surface area is 120 Å². The van der Waals surface area contributed by atoms with Gasteiger partial charge in [0.25, 0.3) is 0 Å². The van der Waals surface area contributed by atoms with Gasteiger partial charge < -0.3 is 10.4 Å². The number of halogens is 1. The first-order valence-corrected chi connectivity index (χ1v) is 8.48. The SMILES string of the molecule is O=C(O)c1ccc(NC2CCCS(=O)(=O)C2)c(Br)c1. The number of hydrogen-bond acceptors (Lipinski definition) is 4. The van der Waals surface area contributed by atoms with Crippen LogP contribution in [0.25, 0.3) is 0 Å². The zero-order valence-electron chi connectivity index (χ0n) is 10.1. The Morgan fingerprint density at radius 3 is 2.74 bits per heavy atom. The first-order chi connectivity index (χ1) is 8.87. The highest BCUT2D eigenvalue weighted by Gasteiger charge is 2.25. The summed E-state index contributed by atoms with van der Waals surface area (Å²) in [4.78, 5) is 10.8. The van der Waals surface area contributed by atoms with Crippen LogP contribution in [-0.2, 0) is 9.84 Å². The number of hydrogen-bond donors (Lipinski definition) is 2. The second-order valence-corrected chi connectivity index (χ2v) is 7.68. The smallest absolute Gasteiger partial charge is 0.335 e. The molecular weight excluding hydrogens is 334 g/mol. The number of sulfone groups is 1. The van der Waals surface area contributed by atoms with Crippen LogP contribution in [0.2, 0.25) is 0 Å². The van der Waals surface area contributed by atoms with E-state index < -0.39 is 15.8 Å². The third kappa shape index (κ3) is 3.70. The lowest BCUT2D eigenvalue weighted by Gasteiger charge is -2.24. The Morgan fingerprint density at radius 1 is 1.42 bits per heavy atom. The van der Waals surface area contributed by atoms with Crippen molar-refractivity contribution in [1.82, 2.24) is 0 Å². The average Bonchev–Trinajstić information content (AvgIpc) is 2.30. The maximum Gasteiger partial charge on any atom is 0.335 e. The minimum absolute atomic E-state index is 0.120. The van der Waals surface area contributed by atoms with Crippen molar-refractivity contribution in [2.75, 3.05) is 16.8 Å². The van der Waals surface area contributed by atoms with Gasteiger partial charge in [0.1, 0.15) is 0 Å². The van der Waals surface area contributed by atoms with E-state index in [2.05, 4.69) is 21.2 Å². The van der Waals surface area contributed by atoms with Gasteiger partial charge >= 0.3 is 5.97 Å². The molecular formula is C12H14BrNO4S. The molecule has 5 nitrogen and oxygen atoms in total. The summed E-state index contributed by atoms with van der Waals surface area (Å²) >= 11 is 3.30. The van der Waals surface area contributed by atoms with Crippen LogP contribution in [0.3, 0.4) is 0 Å². The van der Waals surface area contributed by atoms with Crippen LogP contribution in [0.5, 0.6) is 0 Å². The molecule has 0 radical (unpaired) electrons. The molecule has 19 heavy (non-hydrogen) atoms. The van der Waals surface area contributed by atoms with E-state index in [4.69, 9.17) is 5.11 Å². The molecule has 0 bridgehead atoms. The molecule has 1 heterocycles. The van der Waals surface area contributed by atoms with Gasteiger partial charge in [0.2, 0.25) is 0 Å². The average molecular weight is 348 g/mol. The molecule has 1 fully saturated rings. The number of anilines is 1. The van der Waals surface area contributed by atoms with Crippen LogP contribution in [0, 0.1) is 0 Å². The third-order valence-electron chi connectivity index (χ3n) is 3.04. The number of benzene rings is 1. The highest BCUT2D eigenvalue weighted by Crippen LogP contribution is 2.26. The van der Waals surface area contributed by atoms with Gasteiger partial charge in [-0.2, -0.15) is 0 Å². The predicted octanol–water partition coefficient (Wildman–Crippen LogP) is 2.14. The van der Waals surface area contributed by atoms with Crippen LogP contribution >= 0.6 is 15.9 Å². The normalized spacial score (nSPS) is 21.8. The van der Waals surface area contributed by atoms with Crippen molar-refractivity contribution in [2.24, 2.45) is 0 Å². The predicted molar refractivity (Wildman–Crippen MR) is 76.4 cm³/mol. The molecule has 0 aliphatic carbocycles. The Hall–Kier alpha value is -1.08. The Balaban J connectivity index is 2.13. The number of carboxylic acids is 1. The maximum atomic E-state index is 11.6. The molecule has 2 N–H and O–H groups in total. The number of aromatic carboxylic acids is 1. The fourth-order valence-corrected chi connectivity index (χ4v) is 4.25. The van der Waals surface area contributed by atoms with Crippen molar-refractivity contribution in [3.63, 3.8) is 0 Å². The lowest BCUT2D eigenvalue weighted by Crippen LogP contribution is -2.34. The van der Waals surface area contributed by atoms with Crippen molar-refractivity contribution < 1.29 is 18.3 Å². The van der Waals surface area contributed by atoms with E-state index in [0.29, 0.717) is 16.6 Å². The fraction of sp³-hybridized carbons (Fsp3) is 0.417. The minimum Gasteiger partial charge on any atom is -0.478 e. The summed E-state index contributed by atoms with van der Waals surface area (Å²) in [5.74, 6) is -0.614. The number of nitrogens with one attached hydrogen (secondary N) is 1. The van der Waals surface area contributed by atoms with Crippen LogP contribution in [0.1, 0.15) is 23.2 Å². The monoisotopic (exact) mass is 347 g/mol. The molecule has 0 saturated carbocycles. The lowest BCUT2D eigenvalue weighted by atomic mass is 10.1. The summed E-state index contributed by atoms with van der Waals surface area (Å²) in [6.45, 7) is 0. The van der Waals surface area contributed by atoms with Gasteiger partial charge in [-0.05, 0) is 47.0 Å². The van der Waals surface area contributed by atoms with E-state index in [1.807, 2.05) is 0 Å². The molecule has 1 aliphatic heterocycles. The first kappa shape index (κ1) is 14.3. The van der Waals surface area contributed by atoms with Gasteiger partial charge in [-0.3, -0.25) is 0 Å². The summed E-state index contributed by atoms with van der Waals surface area (Å²) in [6.07, 6.45) is 1.46. The largest absolute Gasteiger partial charge is 0.478 e. The number of rotatable bonds is 3. The summed E-state index contributed by atoms with van der Waals surface area (Å²) in [5, 5.41) is 12.0. The molecule has 1 saturated heterocycles. The summed E-state index contributed by atoms with van der Waals surface area (Å²) < 4.78 is 23.7. The van der Waals surface area contributed by atoms with E-state index in [9.17, 15) is 13.2 Å². The lowest BCUT2D eigenvalue weighted by molar-refractivity contribution is 0.0697. The van der Waals surface area contributed by atoms with Crippen molar-refractivity contribution >= 4 is 37.4 Å². The van der Waals surface area contributed by atoms with E-state index in [1.54, 1.807) is 6.07 Å². The molecule has 2 rings (SSSR count). The summed E-state index contributed by atoms with van der Waals surface area (Å²) in [7, 11) is -2.96. The van der Waals surface area contributed by atoms with Gasteiger partial charge in [-0.15, -0.1) is 0 Å². The van der Waals surface area contributed by atoms with Crippen LogP contribution in [0.4, 0.5) is 5.69 Å². The topological polar surface area (TPSA) is 83.5 Å². The van der Waals surface area contributed by atoms with Gasteiger partial charge in [0.15, 0.2) is 9.84 Å². The fourth-order valence-electron chi connectivity index (χ4n) is 2.12. The standard InChI is InChI=1S/C12H14BrNO4S/c13-10-6-8(12(15)16)3-4-11(10)14-9-2-1-5-19(17,18)7-9/h3-4,6,9,14H,1-2,5,7H2,(H,15,16). The molecule has 7 heteroatoms. The Kier molecular flexibility index (Phi) is 4.15. The van der Waals surface area contributed by atoms with E-state index in [0.717, 1.165) is 6.42 Å². The van der Waals surface area contributed by atoms with Crippen LogP contribution in [0.15, 0.2) is 22.7 Å². The van der Waals surface area contributed by atoms with Crippen molar-refractivity contribution in [2.45, 2.75) is 18.9 Å². The molecule has 0 spiro atoms. The Bertz CT molecular complexity index is 600. The molecule has 104 valence electrons. The van der Waals surface area contributed by atoms with Gasteiger partial charge in [-0.25, -0.2) is 13.2 Å². The number of carbonyl (C=O) groups is 1. The van der Waals surface area contributed by atoms with E-state index >= 15 is 0 Å². The van der Waals surface area contributed by atoms with Crippen molar-refractivity contribution in [3.05, 3.63) is 28.2 Å². The first-order valence-electron chi connectivity index (χ1n) is 5.87. The Morgan fingerprint density at radius 2 is 2.16 bits per heavy atom. The van der Waals surface area contributed by atoms with Crippen LogP contribution < -0.4 is 5.32 Å².